The highest BCUT2D eigenvalue weighted by Crippen LogP contribution is 2.13. The molecule has 2 aromatic carbocycles. The van der Waals surface area contributed by atoms with Gasteiger partial charge in [-0.25, -0.2) is 4.79 Å². The van der Waals surface area contributed by atoms with Crippen molar-refractivity contribution in [2.24, 2.45) is 0 Å². The molecule has 3 aromatic rings. The fourth-order valence-electron chi connectivity index (χ4n) is 2.39. The van der Waals surface area contributed by atoms with Crippen molar-refractivity contribution in [1.82, 2.24) is 9.13 Å². The molecule has 0 aliphatic carbocycles. The number of halogens is 1. The minimum Gasteiger partial charge on any atom is -0.324 e. The third-order valence-corrected chi connectivity index (χ3v) is 3.94. The smallest absolute Gasteiger partial charge is 0.324 e. The number of aromatic nitrogens is 2. The predicted molar refractivity (Wildman–Crippen MR) is 94.8 cm³/mol. The van der Waals surface area contributed by atoms with Crippen molar-refractivity contribution in [3.05, 3.63) is 82.0 Å². The molecular weight excluding hydrogens is 326 g/mol. The third kappa shape index (κ3) is 3.41. The minimum atomic E-state index is -0.280. The van der Waals surface area contributed by atoms with E-state index in [9.17, 15) is 9.59 Å². The van der Waals surface area contributed by atoms with Crippen LogP contribution in [0.2, 0.25) is 5.02 Å². The molecule has 0 aliphatic heterocycles. The summed E-state index contributed by atoms with van der Waals surface area (Å²) in [6.45, 7) is 1.87. The molecule has 0 bridgehead atoms. The van der Waals surface area contributed by atoms with Gasteiger partial charge in [-0.1, -0.05) is 29.8 Å². The van der Waals surface area contributed by atoms with Gasteiger partial charge in [0.2, 0.25) is 5.91 Å². The second-order valence-electron chi connectivity index (χ2n) is 5.42. The molecule has 6 heteroatoms. The molecular formula is C18H16ClN3O2. The summed E-state index contributed by atoms with van der Waals surface area (Å²) in [4.78, 5) is 24.6. The Morgan fingerprint density at radius 3 is 2.50 bits per heavy atom. The Hall–Kier alpha value is -2.79. The molecule has 0 saturated carbocycles. The van der Waals surface area contributed by atoms with Gasteiger partial charge in [-0.05, 0) is 42.8 Å². The number of rotatable bonds is 4. The van der Waals surface area contributed by atoms with Crippen LogP contribution in [0.15, 0.2) is 65.7 Å². The van der Waals surface area contributed by atoms with Crippen LogP contribution in [0.3, 0.4) is 0 Å². The van der Waals surface area contributed by atoms with Crippen LogP contribution in [-0.2, 0) is 11.3 Å². The lowest BCUT2D eigenvalue weighted by atomic mass is 10.2. The Morgan fingerprint density at radius 1 is 1.08 bits per heavy atom. The first-order valence-corrected chi connectivity index (χ1v) is 7.81. The summed E-state index contributed by atoms with van der Waals surface area (Å²) in [7, 11) is 0. The third-order valence-electron chi connectivity index (χ3n) is 3.69. The zero-order valence-corrected chi connectivity index (χ0v) is 13.8. The average Bonchev–Trinajstić information content (AvgIpc) is 2.91. The maximum absolute atomic E-state index is 12.4. The monoisotopic (exact) mass is 341 g/mol. The van der Waals surface area contributed by atoms with Crippen molar-refractivity contribution in [1.29, 1.82) is 0 Å². The van der Waals surface area contributed by atoms with Gasteiger partial charge in [0.05, 0.1) is 5.69 Å². The Balaban J connectivity index is 1.77. The zero-order valence-electron chi connectivity index (χ0n) is 13.1. The number of anilines is 1. The van der Waals surface area contributed by atoms with Crippen LogP contribution in [0.5, 0.6) is 0 Å². The Bertz CT molecular complexity index is 926. The molecule has 0 spiro atoms. The van der Waals surface area contributed by atoms with Gasteiger partial charge in [0.15, 0.2) is 0 Å². The standard InChI is InChI=1S/C18H16ClN3O2/c1-13-4-2-3-5-16(13)20-17(23)12-21-10-11-22(18(21)24)15-8-6-14(19)7-9-15/h2-11H,12H2,1H3,(H,20,23). The molecule has 0 aliphatic rings. The Labute approximate surface area is 144 Å². The molecule has 1 N–H and O–H groups in total. The van der Waals surface area contributed by atoms with Gasteiger partial charge in [0, 0.05) is 23.1 Å². The highest BCUT2D eigenvalue weighted by atomic mass is 35.5. The molecule has 1 aromatic heterocycles. The number of nitrogens with zero attached hydrogens (tertiary/aromatic N) is 2. The quantitative estimate of drug-likeness (QED) is 0.792. The molecule has 3 rings (SSSR count). The lowest BCUT2D eigenvalue weighted by Gasteiger charge is -2.08. The van der Waals surface area contributed by atoms with E-state index in [1.807, 2.05) is 31.2 Å². The van der Waals surface area contributed by atoms with E-state index in [1.165, 1.54) is 9.13 Å². The number of carbonyl (C=O) groups is 1. The number of nitrogens with one attached hydrogen (secondary N) is 1. The van der Waals surface area contributed by atoms with Gasteiger partial charge in [0.25, 0.3) is 0 Å². The first-order valence-electron chi connectivity index (χ1n) is 7.44. The van der Waals surface area contributed by atoms with Crippen LogP contribution >= 0.6 is 11.6 Å². The number of hydrogen-bond donors (Lipinski definition) is 1. The van der Waals surface area contributed by atoms with E-state index < -0.39 is 0 Å². The van der Waals surface area contributed by atoms with Crippen LogP contribution in [0, 0.1) is 6.92 Å². The van der Waals surface area contributed by atoms with Crippen molar-refractivity contribution < 1.29 is 4.79 Å². The van der Waals surface area contributed by atoms with Gasteiger partial charge < -0.3 is 5.32 Å². The number of hydrogen-bond acceptors (Lipinski definition) is 2. The number of imidazole rings is 1. The van der Waals surface area contributed by atoms with Gasteiger partial charge in [-0.2, -0.15) is 0 Å². The van der Waals surface area contributed by atoms with Gasteiger partial charge in [0.1, 0.15) is 6.54 Å². The van der Waals surface area contributed by atoms with Gasteiger partial charge in [-0.15, -0.1) is 0 Å². The number of carbonyl (C=O) groups excluding carboxylic acids is 1. The number of aryl methyl sites for hydroxylation is 1. The van der Waals surface area contributed by atoms with E-state index in [4.69, 9.17) is 11.6 Å². The first-order chi connectivity index (χ1) is 11.5. The highest BCUT2D eigenvalue weighted by Gasteiger charge is 2.10. The number of amides is 1. The van der Waals surface area contributed by atoms with Crippen molar-refractivity contribution in [2.75, 3.05) is 5.32 Å². The fraction of sp³-hybridized carbons (Fsp3) is 0.111. The van der Waals surface area contributed by atoms with Crippen molar-refractivity contribution in [3.63, 3.8) is 0 Å². The lowest BCUT2D eigenvalue weighted by Crippen LogP contribution is -2.28. The minimum absolute atomic E-state index is 0.0479. The summed E-state index contributed by atoms with van der Waals surface area (Å²) in [6.07, 6.45) is 3.22. The zero-order chi connectivity index (χ0) is 17.1. The Kier molecular flexibility index (Phi) is 4.53. The largest absolute Gasteiger partial charge is 0.333 e. The molecule has 5 nitrogen and oxygen atoms in total. The number of para-hydroxylation sites is 1. The van der Waals surface area contributed by atoms with Gasteiger partial charge >= 0.3 is 5.69 Å². The van der Waals surface area contributed by atoms with E-state index >= 15 is 0 Å². The predicted octanol–water partition coefficient (Wildman–Crippen LogP) is 3.24. The van der Waals surface area contributed by atoms with E-state index in [0.29, 0.717) is 10.7 Å². The van der Waals surface area contributed by atoms with E-state index in [1.54, 1.807) is 36.7 Å². The summed E-state index contributed by atoms with van der Waals surface area (Å²) < 4.78 is 2.83. The van der Waals surface area contributed by atoms with Crippen LogP contribution < -0.4 is 11.0 Å². The van der Waals surface area contributed by atoms with Crippen molar-refractivity contribution >= 4 is 23.2 Å². The summed E-state index contributed by atoms with van der Waals surface area (Å²) in [5.74, 6) is -0.250. The Morgan fingerprint density at radius 2 is 1.79 bits per heavy atom. The van der Waals surface area contributed by atoms with Crippen LogP contribution in [0.4, 0.5) is 5.69 Å². The topological polar surface area (TPSA) is 56.0 Å². The molecule has 24 heavy (non-hydrogen) atoms. The maximum Gasteiger partial charge on any atom is 0.333 e. The molecule has 1 heterocycles. The SMILES string of the molecule is Cc1ccccc1NC(=O)Cn1ccn(-c2ccc(Cl)cc2)c1=O. The first kappa shape index (κ1) is 16.1. The second kappa shape index (κ2) is 6.76. The summed E-state index contributed by atoms with van der Waals surface area (Å²) >= 11 is 5.86. The molecule has 0 saturated heterocycles. The van der Waals surface area contributed by atoms with Crippen LogP contribution in [-0.4, -0.2) is 15.0 Å². The average molecular weight is 342 g/mol. The summed E-state index contributed by atoms with van der Waals surface area (Å²) in [5.41, 5.74) is 2.13. The summed E-state index contributed by atoms with van der Waals surface area (Å²) in [5, 5.41) is 3.42. The number of benzene rings is 2. The lowest BCUT2D eigenvalue weighted by molar-refractivity contribution is -0.116. The van der Waals surface area contributed by atoms with Crippen molar-refractivity contribution in [3.8, 4) is 5.69 Å². The van der Waals surface area contributed by atoms with E-state index in [2.05, 4.69) is 5.32 Å². The van der Waals surface area contributed by atoms with Crippen molar-refractivity contribution in [2.45, 2.75) is 13.5 Å². The van der Waals surface area contributed by atoms with E-state index in [0.717, 1.165) is 11.3 Å². The maximum atomic E-state index is 12.4. The van der Waals surface area contributed by atoms with Crippen LogP contribution in [0.1, 0.15) is 5.56 Å². The van der Waals surface area contributed by atoms with Gasteiger partial charge in [-0.3, -0.25) is 13.9 Å². The molecule has 0 unspecified atom stereocenters. The van der Waals surface area contributed by atoms with E-state index in [-0.39, 0.29) is 18.1 Å². The second-order valence-corrected chi connectivity index (χ2v) is 5.85. The normalized spacial score (nSPS) is 10.6. The molecule has 0 fully saturated rings. The summed E-state index contributed by atoms with van der Waals surface area (Å²) in [6, 6.07) is 14.4. The molecule has 1 amide bonds. The van der Waals surface area contributed by atoms with Crippen LogP contribution in [0.25, 0.3) is 5.69 Å². The molecule has 0 radical (unpaired) electrons. The fourth-order valence-corrected chi connectivity index (χ4v) is 2.52. The highest BCUT2D eigenvalue weighted by molar-refractivity contribution is 6.30. The molecule has 0 atom stereocenters. The molecule has 122 valence electrons.